The zero-order valence-electron chi connectivity index (χ0n) is 9.70. The molecule has 0 heterocycles. The number of halogens is 1. The number of rotatable bonds is 6. The molecule has 1 rings (SSSR count). The van der Waals surface area contributed by atoms with E-state index in [0.717, 1.165) is 17.7 Å². The summed E-state index contributed by atoms with van der Waals surface area (Å²) >= 11 is 3.38. The Kier molecular flexibility index (Phi) is 5.53. The molecule has 0 saturated heterocycles. The number of Topliss-reactive ketones (excluding diaryl/α,β-unsaturated/α-hetero) is 1. The Hall–Kier alpha value is -0.830. The van der Waals surface area contributed by atoms with E-state index in [1.54, 1.807) is 6.92 Å². The number of hydrogen-bond acceptors (Lipinski definition) is 2. The van der Waals surface area contributed by atoms with Crippen LogP contribution in [0.5, 0.6) is 5.75 Å². The molecule has 0 N–H and O–H groups in total. The number of benzene rings is 1. The molecule has 0 aliphatic heterocycles. The van der Waals surface area contributed by atoms with E-state index < -0.39 is 0 Å². The fraction of sp³-hybridized carbons (Fsp3) is 0.462. The predicted molar refractivity (Wildman–Crippen MR) is 69.3 cm³/mol. The summed E-state index contributed by atoms with van der Waals surface area (Å²) in [5.74, 6) is 1.03. The summed E-state index contributed by atoms with van der Waals surface area (Å²) in [7, 11) is 0. The molecule has 0 radical (unpaired) electrons. The Morgan fingerprint density at radius 2 is 2.12 bits per heavy atom. The lowest BCUT2D eigenvalue weighted by Gasteiger charge is -2.12. The Morgan fingerprint density at radius 3 is 2.75 bits per heavy atom. The highest BCUT2D eigenvalue weighted by molar-refractivity contribution is 9.10. The van der Waals surface area contributed by atoms with Gasteiger partial charge in [0.2, 0.25) is 0 Å². The highest BCUT2D eigenvalue weighted by Crippen LogP contribution is 2.22. The first-order valence-electron chi connectivity index (χ1n) is 5.50. The predicted octanol–water partition coefficient (Wildman–Crippen LogP) is 3.37. The van der Waals surface area contributed by atoms with Crippen molar-refractivity contribution in [2.75, 3.05) is 6.61 Å². The summed E-state index contributed by atoms with van der Waals surface area (Å²) in [4.78, 5) is 11.1. The van der Waals surface area contributed by atoms with Crippen molar-refractivity contribution in [3.8, 4) is 5.75 Å². The van der Waals surface area contributed by atoms with Gasteiger partial charge in [-0.15, -0.1) is 0 Å². The lowest BCUT2D eigenvalue weighted by atomic mass is 10.1. The minimum atomic E-state index is -0.126. The van der Waals surface area contributed by atoms with Crippen LogP contribution in [0.1, 0.15) is 25.8 Å². The van der Waals surface area contributed by atoms with Crippen LogP contribution in [0.4, 0.5) is 0 Å². The number of ether oxygens (including phenoxy) is 1. The van der Waals surface area contributed by atoms with Crippen LogP contribution in [0.2, 0.25) is 0 Å². The van der Waals surface area contributed by atoms with Crippen LogP contribution >= 0.6 is 15.9 Å². The molecule has 88 valence electrons. The first-order chi connectivity index (χ1) is 7.65. The van der Waals surface area contributed by atoms with Crippen molar-refractivity contribution in [1.29, 1.82) is 0 Å². The molecule has 0 amide bonds. The molecule has 0 saturated carbocycles. The second kappa shape index (κ2) is 6.69. The third-order valence-electron chi connectivity index (χ3n) is 2.27. The average molecular weight is 285 g/mol. The summed E-state index contributed by atoms with van der Waals surface area (Å²) in [5.41, 5.74) is 1.08. The van der Waals surface area contributed by atoms with Crippen molar-refractivity contribution in [3.63, 3.8) is 0 Å². The molecule has 1 unspecified atom stereocenters. The molecule has 0 aromatic heterocycles. The molecular weight excluding hydrogens is 268 g/mol. The van der Waals surface area contributed by atoms with Gasteiger partial charge in [-0.25, -0.2) is 0 Å². The zero-order valence-corrected chi connectivity index (χ0v) is 11.3. The summed E-state index contributed by atoms with van der Waals surface area (Å²) in [6.45, 7) is 4.38. The fourth-order valence-corrected chi connectivity index (χ4v) is 1.71. The van der Waals surface area contributed by atoms with Gasteiger partial charge in [-0.3, -0.25) is 4.79 Å². The van der Waals surface area contributed by atoms with Crippen molar-refractivity contribution in [3.05, 3.63) is 29.8 Å². The molecule has 1 atom stereocenters. The van der Waals surface area contributed by atoms with Gasteiger partial charge in [0.1, 0.15) is 11.5 Å². The van der Waals surface area contributed by atoms with Gasteiger partial charge in [-0.05, 0) is 31.4 Å². The van der Waals surface area contributed by atoms with Crippen LogP contribution < -0.4 is 4.74 Å². The number of carbonyl (C=O) groups excluding carboxylic acids is 1. The normalized spacial score (nSPS) is 12.2. The minimum absolute atomic E-state index is 0.126. The van der Waals surface area contributed by atoms with Crippen LogP contribution in [0, 0.1) is 0 Å². The topological polar surface area (TPSA) is 26.3 Å². The number of ketones is 1. The van der Waals surface area contributed by atoms with Gasteiger partial charge in [0.15, 0.2) is 0 Å². The average Bonchev–Trinajstić information content (AvgIpc) is 2.27. The maximum atomic E-state index is 11.2. The molecule has 0 spiro atoms. The first kappa shape index (κ1) is 13.2. The van der Waals surface area contributed by atoms with Crippen molar-refractivity contribution >= 4 is 21.7 Å². The van der Waals surface area contributed by atoms with Crippen LogP contribution in [-0.2, 0) is 11.2 Å². The largest absolute Gasteiger partial charge is 0.493 e. The minimum Gasteiger partial charge on any atom is -0.493 e. The summed E-state index contributed by atoms with van der Waals surface area (Å²) in [6.07, 6.45) is 1.66. The van der Waals surface area contributed by atoms with E-state index in [-0.39, 0.29) is 10.6 Å². The maximum absolute atomic E-state index is 11.2. The van der Waals surface area contributed by atoms with Crippen molar-refractivity contribution < 1.29 is 9.53 Å². The molecule has 0 bridgehead atoms. The quantitative estimate of drug-likeness (QED) is 0.749. The van der Waals surface area contributed by atoms with Gasteiger partial charge in [-0.2, -0.15) is 0 Å². The molecule has 2 nitrogen and oxygen atoms in total. The van der Waals surface area contributed by atoms with E-state index in [2.05, 4.69) is 22.9 Å². The number of para-hydroxylation sites is 1. The SMILES string of the molecule is CCCOc1ccccc1CC(Br)C(C)=O. The highest BCUT2D eigenvalue weighted by atomic mass is 79.9. The zero-order chi connectivity index (χ0) is 12.0. The van der Waals surface area contributed by atoms with Crippen LogP contribution in [0.3, 0.4) is 0 Å². The van der Waals surface area contributed by atoms with Crippen LogP contribution in [0.15, 0.2) is 24.3 Å². The summed E-state index contributed by atoms with van der Waals surface area (Å²) in [6, 6.07) is 7.87. The van der Waals surface area contributed by atoms with Gasteiger partial charge in [0, 0.05) is 0 Å². The fourth-order valence-electron chi connectivity index (χ4n) is 1.36. The molecule has 16 heavy (non-hydrogen) atoms. The second-order valence-corrected chi connectivity index (χ2v) is 4.84. The Morgan fingerprint density at radius 1 is 1.44 bits per heavy atom. The smallest absolute Gasteiger partial charge is 0.143 e. The third-order valence-corrected chi connectivity index (χ3v) is 3.24. The van der Waals surface area contributed by atoms with E-state index in [4.69, 9.17) is 4.74 Å². The van der Waals surface area contributed by atoms with Crippen molar-refractivity contribution in [2.24, 2.45) is 0 Å². The van der Waals surface area contributed by atoms with Gasteiger partial charge >= 0.3 is 0 Å². The van der Waals surface area contributed by atoms with Crippen molar-refractivity contribution in [2.45, 2.75) is 31.5 Å². The molecular formula is C13H17BrO2. The van der Waals surface area contributed by atoms with Crippen LogP contribution in [-0.4, -0.2) is 17.2 Å². The lowest BCUT2D eigenvalue weighted by Crippen LogP contribution is -2.13. The van der Waals surface area contributed by atoms with Crippen LogP contribution in [0.25, 0.3) is 0 Å². The standard InChI is InChI=1S/C13H17BrO2/c1-3-8-16-13-7-5-4-6-11(13)9-12(14)10(2)15/h4-7,12H,3,8-9H2,1-2H3. The first-order valence-corrected chi connectivity index (χ1v) is 6.42. The Balaban J connectivity index is 2.74. The summed E-state index contributed by atoms with van der Waals surface area (Å²) < 4.78 is 5.63. The molecule has 1 aromatic carbocycles. The van der Waals surface area contributed by atoms with Gasteiger partial charge in [0.05, 0.1) is 11.4 Å². The number of carbonyl (C=O) groups is 1. The monoisotopic (exact) mass is 284 g/mol. The molecule has 0 aliphatic carbocycles. The maximum Gasteiger partial charge on any atom is 0.143 e. The van der Waals surface area contributed by atoms with E-state index in [0.29, 0.717) is 13.0 Å². The lowest BCUT2D eigenvalue weighted by molar-refractivity contribution is -0.116. The molecule has 1 aromatic rings. The van der Waals surface area contributed by atoms with Gasteiger partial charge < -0.3 is 4.74 Å². The van der Waals surface area contributed by atoms with Gasteiger partial charge in [-0.1, -0.05) is 41.1 Å². The van der Waals surface area contributed by atoms with Crippen molar-refractivity contribution in [1.82, 2.24) is 0 Å². The number of hydrogen-bond donors (Lipinski definition) is 0. The summed E-state index contributed by atoms with van der Waals surface area (Å²) in [5, 5.41) is 0. The van der Waals surface area contributed by atoms with Gasteiger partial charge in [0.25, 0.3) is 0 Å². The second-order valence-electron chi connectivity index (χ2n) is 3.74. The Bertz CT molecular complexity index is 350. The number of alkyl halides is 1. The molecule has 0 aliphatic rings. The van der Waals surface area contributed by atoms with E-state index in [1.807, 2.05) is 24.3 Å². The molecule has 3 heteroatoms. The Labute approximate surface area is 105 Å². The van der Waals surface area contributed by atoms with E-state index >= 15 is 0 Å². The van der Waals surface area contributed by atoms with E-state index in [9.17, 15) is 4.79 Å². The highest BCUT2D eigenvalue weighted by Gasteiger charge is 2.13. The third kappa shape index (κ3) is 3.97. The van der Waals surface area contributed by atoms with E-state index in [1.165, 1.54) is 0 Å². The molecule has 0 fully saturated rings.